The minimum Gasteiger partial charge on any atom is -0.319 e. The van der Waals surface area contributed by atoms with Crippen LogP contribution in [0.4, 0.5) is 0 Å². The van der Waals surface area contributed by atoms with Crippen molar-refractivity contribution >= 4 is 11.6 Å². The minimum atomic E-state index is 0.347. The largest absolute Gasteiger partial charge is 0.319 e. The number of rotatable bonds is 3. The van der Waals surface area contributed by atoms with Crippen LogP contribution in [-0.2, 0) is 5.41 Å². The van der Waals surface area contributed by atoms with Crippen LogP contribution in [0.3, 0.4) is 0 Å². The minimum absolute atomic E-state index is 0.347. The Balaban J connectivity index is 1.86. The van der Waals surface area contributed by atoms with Crippen LogP contribution in [0.2, 0.25) is 5.02 Å². The summed E-state index contributed by atoms with van der Waals surface area (Å²) in [6, 6.07) is 8.45. The summed E-state index contributed by atoms with van der Waals surface area (Å²) in [4.78, 5) is 0. The van der Waals surface area contributed by atoms with Crippen LogP contribution in [0.25, 0.3) is 0 Å². The van der Waals surface area contributed by atoms with Gasteiger partial charge in [0.25, 0.3) is 0 Å². The van der Waals surface area contributed by atoms with Crippen molar-refractivity contribution in [2.24, 2.45) is 5.41 Å². The van der Waals surface area contributed by atoms with Gasteiger partial charge in [0.15, 0.2) is 0 Å². The van der Waals surface area contributed by atoms with Crippen molar-refractivity contribution in [2.45, 2.75) is 37.5 Å². The third-order valence-electron chi connectivity index (χ3n) is 4.79. The van der Waals surface area contributed by atoms with Crippen LogP contribution < -0.4 is 5.32 Å². The van der Waals surface area contributed by atoms with Gasteiger partial charge in [-0.25, -0.2) is 0 Å². The van der Waals surface area contributed by atoms with Crippen molar-refractivity contribution in [1.82, 2.24) is 5.32 Å². The molecule has 1 N–H and O–H groups in total. The molecule has 0 radical (unpaired) electrons. The van der Waals surface area contributed by atoms with E-state index in [1.165, 1.54) is 37.7 Å². The van der Waals surface area contributed by atoms with Gasteiger partial charge in [-0.05, 0) is 55.8 Å². The number of hydrogen-bond acceptors (Lipinski definition) is 1. The monoisotopic (exact) mass is 249 g/mol. The zero-order valence-corrected chi connectivity index (χ0v) is 11.2. The Morgan fingerprint density at radius 2 is 2.06 bits per heavy atom. The molecule has 0 bridgehead atoms. The molecule has 2 aliphatic carbocycles. The van der Waals surface area contributed by atoms with Crippen molar-refractivity contribution in [2.75, 3.05) is 13.6 Å². The number of benzene rings is 1. The van der Waals surface area contributed by atoms with E-state index in [4.69, 9.17) is 11.6 Å². The Kier molecular flexibility index (Phi) is 2.72. The van der Waals surface area contributed by atoms with E-state index in [0.29, 0.717) is 10.8 Å². The van der Waals surface area contributed by atoms with E-state index in [1.54, 1.807) is 0 Å². The lowest BCUT2D eigenvalue weighted by Crippen LogP contribution is -2.57. The van der Waals surface area contributed by atoms with E-state index in [0.717, 1.165) is 11.6 Å². The highest BCUT2D eigenvalue weighted by atomic mass is 35.5. The highest BCUT2D eigenvalue weighted by Gasteiger charge is 2.57. The first-order valence-electron chi connectivity index (χ1n) is 6.59. The second kappa shape index (κ2) is 4.00. The van der Waals surface area contributed by atoms with E-state index >= 15 is 0 Å². The van der Waals surface area contributed by atoms with Gasteiger partial charge in [-0.3, -0.25) is 0 Å². The summed E-state index contributed by atoms with van der Waals surface area (Å²) in [5, 5.41) is 4.24. The second-order valence-corrected chi connectivity index (χ2v) is 6.46. The lowest BCUT2D eigenvalue weighted by atomic mass is 9.44. The lowest BCUT2D eigenvalue weighted by molar-refractivity contribution is -0.0475. The number of hydrogen-bond donors (Lipinski definition) is 1. The van der Waals surface area contributed by atoms with Gasteiger partial charge in [0.05, 0.1) is 0 Å². The summed E-state index contributed by atoms with van der Waals surface area (Å²) < 4.78 is 0. The molecule has 1 spiro atoms. The molecule has 2 saturated carbocycles. The maximum absolute atomic E-state index is 6.13. The van der Waals surface area contributed by atoms with Crippen LogP contribution in [0.15, 0.2) is 24.3 Å². The normalized spacial score (nSPS) is 24.1. The molecule has 2 heteroatoms. The third kappa shape index (κ3) is 1.80. The van der Waals surface area contributed by atoms with Gasteiger partial charge >= 0.3 is 0 Å². The highest BCUT2D eigenvalue weighted by molar-refractivity contribution is 6.30. The first-order valence-corrected chi connectivity index (χ1v) is 6.97. The maximum atomic E-state index is 6.13. The third-order valence-corrected chi connectivity index (χ3v) is 5.03. The van der Waals surface area contributed by atoms with Crippen molar-refractivity contribution in [1.29, 1.82) is 0 Å². The zero-order valence-electron chi connectivity index (χ0n) is 10.4. The molecular formula is C15H20ClN. The predicted octanol–water partition coefficient (Wildman–Crippen LogP) is 3.76. The zero-order chi connectivity index (χ0) is 11.9. The Morgan fingerprint density at radius 1 is 1.29 bits per heavy atom. The fourth-order valence-corrected chi connectivity index (χ4v) is 4.19. The van der Waals surface area contributed by atoms with Crippen LogP contribution in [0, 0.1) is 5.41 Å². The molecule has 0 aliphatic heterocycles. The van der Waals surface area contributed by atoms with E-state index < -0.39 is 0 Å². The standard InChI is InChI=1S/C15H20ClN/c1-17-11-15(9-14(10-15)6-3-7-14)12-4-2-5-13(16)8-12/h2,4-5,8,17H,3,6-7,9-11H2,1H3. The summed E-state index contributed by atoms with van der Waals surface area (Å²) in [5.41, 5.74) is 2.47. The topological polar surface area (TPSA) is 12.0 Å². The number of likely N-dealkylation sites (N-methyl/N-ethyl adjacent to an activating group) is 1. The van der Waals surface area contributed by atoms with E-state index in [9.17, 15) is 0 Å². The Labute approximate surface area is 109 Å². The lowest BCUT2D eigenvalue weighted by Gasteiger charge is -2.61. The summed E-state index contributed by atoms with van der Waals surface area (Å²) in [6.45, 7) is 1.08. The van der Waals surface area contributed by atoms with E-state index in [1.807, 2.05) is 6.07 Å². The average molecular weight is 250 g/mol. The average Bonchev–Trinajstić information content (AvgIpc) is 2.20. The fraction of sp³-hybridized carbons (Fsp3) is 0.600. The van der Waals surface area contributed by atoms with Gasteiger partial charge in [0, 0.05) is 17.0 Å². The molecule has 17 heavy (non-hydrogen) atoms. The maximum Gasteiger partial charge on any atom is 0.0408 e. The summed E-state index contributed by atoms with van der Waals surface area (Å²) in [5.74, 6) is 0. The Hall–Kier alpha value is -0.530. The molecule has 0 atom stereocenters. The van der Waals surface area contributed by atoms with Gasteiger partial charge in [0.2, 0.25) is 0 Å². The first kappa shape index (κ1) is 11.6. The molecule has 1 aromatic rings. The molecule has 1 nitrogen and oxygen atoms in total. The van der Waals surface area contributed by atoms with E-state index in [2.05, 4.69) is 30.6 Å². The Morgan fingerprint density at radius 3 is 2.59 bits per heavy atom. The van der Waals surface area contributed by atoms with Crippen molar-refractivity contribution in [3.8, 4) is 0 Å². The van der Waals surface area contributed by atoms with Gasteiger partial charge in [0.1, 0.15) is 0 Å². The van der Waals surface area contributed by atoms with Gasteiger partial charge in [-0.15, -0.1) is 0 Å². The Bertz CT molecular complexity index is 415. The molecule has 0 amide bonds. The summed E-state index contributed by atoms with van der Waals surface area (Å²) in [6.07, 6.45) is 7.02. The van der Waals surface area contributed by atoms with Crippen molar-refractivity contribution < 1.29 is 0 Å². The molecular weight excluding hydrogens is 230 g/mol. The number of nitrogens with one attached hydrogen (secondary N) is 1. The smallest absolute Gasteiger partial charge is 0.0408 e. The van der Waals surface area contributed by atoms with Crippen LogP contribution in [0.5, 0.6) is 0 Å². The highest BCUT2D eigenvalue weighted by Crippen LogP contribution is 2.64. The first-order chi connectivity index (χ1) is 8.18. The van der Waals surface area contributed by atoms with Crippen LogP contribution >= 0.6 is 11.6 Å². The molecule has 92 valence electrons. The molecule has 0 aromatic heterocycles. The van der Waals surface area contributed by atoms with Crippen molar-refractivity contribution in [3.63, 3.8) is 0 Å². The van der Waals surface area contributed by atoms with Crippen LogP contribution in [0.1, 0.15) is 37.7 Å². The summed E-state index contributed by atoms with van der Waals surface area (Å²) >= 11 is 6.13. The quantitative estimate of drug-likeness (QED) is 0.860. The molecule has 0 unspecified atom stereocenters. The van der Waals surface area contributed by atoms with Crippen LogP contribution in [-0.4, -0.2) is 13.6 Å². The fourth-order valence-electron chi connectivity index (χ4n) is 4.00. The molecule has 3 rings (SSSR count). The van der Waals surface area contributed by atoms with Gasteiger partial charge in [-0.2, -0.15) is 0 Å². The second-order valence-electron chi connectivity index (χ2n) is 6.03. The number of halogens is 1. The summed E-state index contributed by atoms with van der Waals surface area (Å²) in [7, 11) is 2.05. The van der Waals surface area contributed by atoms with E-state index in [-0.39, 0.29) is 0 Å². The molecule has 2 aliphatic rings. The van der Waals surface area contributed by atoms with Gasteiger partial charge < -0.3 is 5.32 Å². The molecule has 0 saturated heterocycles. The molecule has 1 aromatic carbocycles. The molecule has 2 fully saturated rings. The molecule has 0 heterocycles. The van der Waals surface area contributed by atoms with Gasteiger partial charge in [-0.1, -0.05) is 30.2 Å². The van der Waals surface area contributed by atoms with Crippen molar-refractivity contribution in [3.05, 3.63) is 34.9 Å². The SMILES string of the molecule is CNCC1(c2cccc(Cl)c2)CC2(CCC2)C1. The predicted molar refractivity (Wildman–Crippen MR) is 72.6 cm³/mol.